The molecular weight excluding hydrogens is 446 g/mol. The lowest BCUT2D eigenvalue weighted by Gasteiger charge is -2.26. The van der Waals surface area contributed by atoms with E-state index in [4.69, 9.17) is 0 Å². The van der Waals surface area contributed by atoms with Crippen molar-refractivity contribution in [2.24, 2.45) is 0 Å². The first-order valence-electron chi connectivity index (χ1n) is 9.74. The highest BCUT2D eigenvalue weighted by molar-refractivity contribution is 9.10. The second kappa shape index (κ2) is 8.22. The van der Waals surface area contributed by atoms with Crippen LogP contribution in [0.2, 0.25) is 0 Å². The van der Waals surface area contributed by atoms with Gasteiger partial charge in [0.15, 0.2) is 5.60 Å². The van der Waals surface area contributed by atoms with Crippen molar-refractivity contribution in [2.45, 2.75) is 24.5 Å². The number of amides is 1. The van der Waals surface area contributed by atoms with Crippen LogP contribution in [0.15, 0.2) is 77.3 Å². The summed E-state index contributed by atoms with van der Waals surface area (Å²) in [4.78, 5) is 14.9. The molecule has 1 aliphatic rings. The Morgan fingerprint density at radius 2 is 1.70 bits per heavy atom. The fourth-order valence-electron chi connectivity index (χ4n) is 4.00. The van der Waals surface area contributed by atoms with Crippen LogP contribution < -0.4 is 4.90 Å². The minimum absolute atomic E-state index is 0.0971. The van der Waals surface area contributed by atoms with Crippen molar-refractivity contribution < 1.29 is 20.1 Å². The number of nitrogens with zero attached hydrogens (tertiary/aromatic N) is 1. The summed E-state index contributed by atoms with van der Waals surface area (Å²) in [5.74, 6) is -0.560. The molecule has 3 N–H and O–H groups in total. The second-order valence-corrected chi connectivity index (χ2v) is 8.41. The van der Waals surface area contributed by atoms with Crippen molar-refractivity contribution in [3.8, 4) is 5.75 Å². The minimum Gasteiger partial charge on any atom is -0.508 e. The lowest BCUT2D eigenvalue weighted by atomic mass is 9.87. The zero-order valence-corrected chi connectivity index (χ0v) is 17.8. The Kier molecular flexibility index (Phi) is 5.64. The number of anilines is 1. The number of phenolic OH excluding ortho intramolecular Hbond substituents is 1. The molecule has 0 radical (unpaired) electrons. The molecular formula is C24H22BrNO4. The Morgan fingerprint density at radius 1 is 1.00 bits per heavy atom. The molecule has 0 fully saturated rings. The third kappa shape index (κ3) is 3.74. The topological polar surface area (TPSA) is 81.0 Å². The number of rotatable bonds is 6. The van der Waals surface area contributed by atoms with Gasteiger partial charge in [0.05, 0.1) is 11.8 Å². The van der Waals surface area contributed by atoms with Crippen LogP contribution in [0.1, 0.15) is 29.2 Å². The SMILES string of the molecule is O=C1N(CCc2ccccc2)c2ccccc2C1(O)CC(O)c1ccc(Br)cc1O. The molecule has 0 aliphatic carbocycles. The number of carbonyl (C=O) groups excluding carboxylic acids is 1. The van der Waals surface area contributed by atoms with Gasteiger partial charge in [0.25, 0.3) is 5.91 Å². The first-order valence-corrected chi connectivity index (χ1v) is 10.5. The molecule has 3 aromatic rings. The molecule has 6 heteroatoms. The average Bonchev–Trinajstić information content (AvgIpc) is 2.94. The summed E-state index contributed by atoms with van der Waals surface area (Å²) in [6, 6.07) is 21.7. The summed E-state index contributed by atoms with van der Waals surface area (Å²) in [6.07, 6.45) is -0.818. The summed E-state index contributed by atoms with van der Waals surface area (Å²) < 4.78 is 0.670. The molecule has 0 aromatic heterocycles. The van der Waals surface area contributed by atoms with E-state index in [1.807, 2.05) is 36.4 Å². The van der Waals surface area contributed by atoms with Crippen molar-refractivity contribution in [2.75, 3.05) is 11.4 Å². The molecule has 0 spiro atoms. The number of carbonyl (C=O) groups is 1. The lowest BCUT2D eigenvalue weighted by molar-refractivity contribution is -0.139. The fourth-order valence-corrected chi connectivity index (χ4v) is 4.35. The smallest absolute Gasteiger partial charge is 0.263 e. The van der Waals surface area contributed by atoms with Gasteiger partial charge in [-0.05, 0) is 30.2 Å². The van der Waals surface area contributed by atoms with Crippen molar-refractivity contribution in [1.82, 2.24) is 0 Å². The van der Waals surface area contributed by atoms with Gasteiger partial charge in [0.2, 0.25) is 0 Å². The summed E-state index contributed by atoms with van der Waals surface area (Å²) in [7, 11) is 0. The summed E-state index contributed by atoms with van der Waals surface area (Å²) in [5.41, 5.74) is 0.608. The molecule has 0 saturated carbocycles. The number of para-hydroxylation sites is 1. The molecule has 30 heavy (non-hydrogen) atoms. The Labute approximate surface area is 183 Å². The van der Waals surface area contributed by atoms with Crippen LogP contribution in [0.5, 0.6) is 5.75 Å². The van der Waals surface area contributed by atoms with E-state index in [1.165, 1.54) is 6.07 Å². The lowest BCUT2D eigenvalue weighted by Crippen LogP contribution is -2.42. The number of phenols is 1. The van der Waals surface area contributed by atoms with Gasteiger partial charge in [-0.2, -0.15) is 0 Å². The maximum absolute atomic E-state index is 13.3. The highest BCUT2D eigenvalue weighted by Gasteiger charge is 2.50. The van der Waals surface area contributed by atoms with Gasteiger partial charge < -0.3 is 20.2 Å². The number of aromatic hydroxyl groups is 1. The van der Waals surface area contributed by atoms with Crippen molar-refractivity contribution in [3.63, 3.8) is 0 Å². The predicted molar refractivity (Wildman–Crippen MR) is 118 cm³/mol. The highest BCUT2D eigenvalue weighted by atomic mass is 79.9. The summed E-state index contributed by atoms with van der Waals surface area (Å²) >= 11 is 3.27. The molecule has 2 unspecified atom stereocenters. The Bertz CT molecular complexity index is 1070. The van der Waals surface area contributed by atoms with Gasteiger partial charge in [0.1, 0.15) is 5.75 Å². The molecule has 154 valence electrons. The number of hydrogen-bond donors (Lipinski definition) is 3. The molecule has 1 amide bonds. The molecule has 5 nitrogen and oxygen atoms in total. The number of halogens is 1. The van der Waals surface area contributed by atoms with E-state index in [9.17, 15) is 20.1 Å². The van der Waals surface area contributed by atoms with Crippen LogP contribution in [0, 0.1) is 0 Å². The zero-order chi connectivity index (χ0) is 21.3. The van der Waals surface area contributed by atoms with Crippen molar-refractivity contribution in [1.29, 1.82) is 0 Å². The fraction of sp³-hybridized carbons (Fsp3) is 0.208. The Hall–Kier alpha value is -2.67. The number of aliphatic hydroxyl groups excluding tert-OH is 1. The van der Waals surface area contributed by atoms with E-state index in [-0.39, 0.29) is 17.7 Å². The van der Waals surface area contributed by atoms with E-state index in [1.54, 1.807) is 35.2 Å². The first kappa shape index (κ1) is 20.6. The summed E-state index contributed by atoms with van der Waals surface area (Å²) in [5, 5.41) is 32.3. The Balaban J connectivity index is 1.61. The number of aliphatic hydroxyl groups is 2. The minimum atomic E-state index is -1.87. The van der Waals surface area contributed by atoms with E-state index in [0.29, 0.717) is 28.7 Å². The van der Waals surface area contributed by atoms with Gasteiger partial charge in [-0.15, -0.1) is 0 Å². The molecule has 1 heterocycles. The summed E-state index contributed by atoms with van der Waals surface area (Å²) in [6.45, 7) is 0.418. The number of hydrogen-bond acceptors (Lipinski definition) is 4. The molecule has 3 aromatic carbocycles. The van der Waals surface area contributed by atoms with E-state index >= 15 is 0 Å². The monoisotopic (exact) mass is 467 g/mol. The second-order valence-electron chi connectivity index (χ2n) is 7.49. The van der Waals surface area contributed by atoms with E-state index < -0.39 is 17.6 Å². The van der Waals surface area contributed by atoms with Crippen LogP contribution in [0.25, 0.3) is 0 Å². The van der Waals surface area contributed by atoms with Crippen molar-refractivity contribution >= 4 is 27.5 Å². The van der Waals surface area contributed by atoms with Gasteiger partial charge in [-0.1, -0.05) is 70.5 Å². The van der Waals surface area contributed by atoms with Crippen LogP contribution in [-0.2, 0) is 16.8 Å². The van der Waals surface area contributed by atoms with Gasteiger partial charge in [0, 0.05) is 28.6 Å². The number of benzene rings is 3. The van der Waals surface area contributed by atoms with Gasteiger partial charge in [-0.3, -0.25) is 4.79 Å². The maximum atomic E-state index is 13.3. The molecule has 1 aliphatic heterocycles. The van der Waals surface area contributed by atoms with E-state index in [0.717, 1.165) is 5.56 Å². The highest BCUT2D eigenvalue weighted by Crippen LogP contribution is 2.45. The number of fused-ring (bicyclic) bond motifs is 1. The molecule has 2 atom stereocenters. The molecule has 4 rings (SSSR count). The quantitative estimate of drug-likeness (QED) is 0.510. The van der Waals surface area contributed by atoms with Gasteiger partial charge >= 0.3 is 0 Å². The van der Waals surface area contributed by atoms with Crippen LogP contribution in [0.3, 0.4) is 0 Å². The van der Waals surface area contributed by atoms with Crippen LogP contribution >= 0.6 is 15.9 Å². The molecule has 0 saturated heterocycles. The van der Waals surface area contributed by atoms with Crippen LogP contribution in [-0.4, -0.2) is 27.8 Å². The van der Waals surface area contributed by atoms with E-state index in [2.05, 4.69) is 15.9 Å². The van der Waals surface area contributed by atoms with Gasteiger partial charge in [-0.25, -0.2) is 0 Å². The third-order valence-electron chi connectivity index (χ3n) is 5.55. The maximum Gasteiger partial charge on any atom is 0.263 e. The largest absolute Gasteiger partial charge is 0.508 e. The predicted octanol–water partition coefficient (Wildman–Crippen LogP) is 4.06. The zero-order valence-electron chi connectivity index (χ0n) is 16.2. The van der Waals surface area contributed by atoms with Crippen molar-refractivity contribution in [3.05, 3.63) is 94.0 Å². The molecule has 0 bridgehead atoms. The average molecular weight is 468 g/mol. The first-order chi connectivity index (χ1) is 14.4. The Morgan fingerprint density at radius 3 is 2.43 bits per heavy atom. The third-order valence-corrected chi connectivity index (χ3v) is 6.04. The standard InChI is InChI=1S/C24H22BrNO4/c25-17-10-11-18(21(27)14-17)22(28)15-24(30)19-8-4-5-9-20(19)26(23(24)29)13-12-16-6-2-1-3-7-16/h1-11,14,22,27-28,30H,12-13,15H2. The normalized spacial score (nSPS) is 19.0. The van der Waals surface area contributed by atoms with Crippen LogP contribution in [0.4, 0.5) is 5.69 Å².